The maximum atomic E-state index is 11.9. The summed E-state index contributed by atoms with van der Waals surface area (Å²) >= 11 is 0. The Hall–Kier alpha value is -2.21. The van der Waals surface area contributed by atoms with E-state index in [9.17, 15) is 4.79 Å². The van der Waals surface area contributed by atoms with Gasteiger partial charge < -0.3 is 15.2 Å². The molecule has 2 fully saturated rings. The van der Waals surface area contributed by atoms with Gasteiger partial charge in [0.05, 0.1) is 5.54 Å². The first-order valence-corrected chi connectivity index (χ1v) is 7.70. The van der Waals surface area contributed by atoms with Crippen molar-refractivity contribution in [1.82, 2.24) is 10.1 Å². The van der Waals surface area contributed by atoms with E-state index < -0.39 is 5.54 Å². The molecule has 1 aromatic heterocycles. The van der Waals surface area contributed by atoms with E-state index in [2.05, 4.69) is 10.1 Å². The lowest BCUT2D eigenvalue weighted by Crippen LogP contribution is -2.44. The molecule has 0 spiro atoms. The van der Waals surface area contributed by atoms with Gasteiger partial charge in [-0.25, -0.2) is 0 Å². The van der Waals surface area contributed by atoms with Gasteiger partial charge in [0.25, 0.3) is 5.89 Å². The maximum Gasteiger partial charge on any atom is 0.258 e. The Morgan fingerprint density at radius 3 is 2.82 bits per heavy atom. The molecule has 1 saturated carbocycles. The van der Waals surface area contributed by atoms with Gasteiger partial charge in [-0.05, 0) is 43.9 Å². The first-order chi connectivity index (χ1) is 10.7. The smallest absolute Gasteiger partial charge is 0.258 e. The van der Waals surface area contributed by atoms with E-state index in [-0.39, 0.29) is 5.91 Å². The fraction of sp³-hybridized carbons (Fsp3) is 0.438. The van der Waals surface area contributed by atoms with Crippen LogP contribution in [0.5, 0.6) is 0 Å². The number of benzene rings is 1. The molecule has 6 heteroatoms. The summed E-state index contributed by atoms with van der Waals surface area (Å²) in [4.78, 5) is 18.1. The van der Waals surface area contributed by atoms with Crippen molar-refractivity contribution in [3.63, 3.8) is 0 Å². The highest BCUT2D eigenvalue weighted by Gasteiger charge is 2.39. The van der Waals surface area contributed by atoms with Crippen molar-refractivity contribution >= 4 is 11.6 Å². The molecular formula is C16H18N4O2. The van der Waals surface area contributed by atoms with E-state index in [1.54, 1.807) is 4.90 Å². The normalized spacial score (nSPS) is 20.2. The second kappa shape index (κ2) is 4.91. The summed E-state index contributed by atoms with van der Waals surface area (Å²) < 4.78 is 5.37. The van der Waals surface area contributed by atoms with Gasteiger partial charge >= 0.3 is 0 Å². The second-order valence-electron chi connectivity index (χ2n) is 6.13. The Morgan fingerprint density at radius 2 is 2.14 bits per heavy atom. The molecule has 4 rings (SSSR count). The molecule has 1 aliphatic heterocycles. The van der Waals surface area contributed by atoms with Crippen LogP contribution in [0.15, 0.2) is 28.8 Å². The van der Waals surface area contributed by atoms with Gasteiger partial charge in [-0.1, -0.05) is 11.2 Å². The van der Waals surface area contributed by atoms with Crippen LogP contribution in [0, 0.1) is 0 Å². The van der Waals surface area contributed by atoms with Crippen molar-refractivity contribution in [2.45, 2.75) is 37.6 Å². The Kier molecular flexibility index (Phi) is 3.00. The highest BCUT2D eigenvalue weighted by Crippen LogP contribution is 2.38. The summed E-state index contributed by atoms with van der Waals surface area (Å²) in [6, 6.07) is 7.66. The predicted octanol–water partition coefficient (Wildman–Crippen LogP) is 2.20. The Morgan fingerprint density at radius 1 is 1.27 bits per heavy atom. The number of hydrogen-bond acceptors (Lipinski definition) is 5. The Balaban J connectivity index is 1.64. The van der Waals surface area contributed by atoms with Crippen molar-refractivity contribution in [1.29, 1.82) is 0 Å². The number of nitrogens with two attached hydrogens (primary N) is 1. The van der Waals surface area contributed by atoms with Crippen LogP contribution in [-0.4, -0.2) is 22.6 Å². The van der Waals surface area contributed by atoms with E-state index in [1.807, 2.05) is 24.3 Å². The van der Waals surface area contributed by atoms with Crippen LogP contribution < -0.4 is 10.6 Å². The summed E-state index contributed by atoms with van der Waals surface area (Å²) in [7, 11) is 0. The van der Waals surface area contributed by atoms with Crippen molar-refractivity contribution in [2.24, 2.45) is 5.73 Å². The van der Waals surface area contributed by atoms with E-state index >= 15 is 0 Å². The van der Waals surface area contributed by atoms with Gasteiger partial charge in [0, 0.05) is 24.2 Å². The van der Waals surface area contributed by atoms with Crippen molar-refractivity contribution in [3.8, 4) is 11.5 Å². The molecule has 2 N–H and O–H groups in total. The number of carbonyl (C=O) groups is 1. The SMILES string of the molecule is NC1(c2noc(-c3cccc(N4CCCC4=O)c3)n2)CCC1. The summed E-state index contributed by atoms with van der Waals surface area (Å²) in [5.41, 5.74) is 7.50. The first-order valence-electron chi connectivity index (χ1n) is 7.70. The van der Waals surface area contributed by atoms with Gasteiger partial charge in [-0.2, -0.15) is 4.98 Å². The highest BCUT2D eigenvalue weighted by molar-refractivity contribution is 5.95. The molecule has 6 nitrogen and oxygen atoms in total. The fourth-order valence-electron chi connectivity index (χ4n) is 3.05. The summed E-state index contributed by atoms with van der Waals surface area (Å²) in [6.07, 6.45) is 4.42. The number of aromatic nitrogens is 2. The summed E-state index contributed by atoms with van der Waals surface area (Å²) in [5, 5.41) is 4.04. The topological polar surface area (TPSA) is 85.2 Å². The van der Waals surface area contributed by atoms with E-state index in [4.69, 9.17) is 10.3 Å². The number of amides is 1. The number of nitrogens with zero attached hydrogens (tertiary/aromatic N) is 3. The third kappa shape index (κ3) is 2.11. The number of rotatable bonds is 3. The monoisotopic (exact) mass is 298 g/mol. The predicted molar refractivity (Wildman–Crippen MR) is 81.0 cm³/mol. The molecule has 0 atom stereocenters. The lowest BCUT2D eigenvalue weighted by Gasteiger charge is -2.34. The minimum atomic E-state index is -0.426. The summed E-state index contributed by atoms with van der Waals surface area (Å²) in [5.74, 6) is 1.20. The van der Waals surface area contributed by atoms with Crippen LogP contribution in [-0.2, 0) is 10.3 Å². The molecule has 2 heterocycles. The first kappa shape index (κ1) is 13.5. The molecular weight excluding hydrogens is 280 g/mol. The van der Waals surface area contributed by atoms with Crippen LogP contribution in [0.4, 0.5) is 5.69 Å². The van der Waals surface area contributed by atoms with Crippen LogP contribution >= 0.6 is 0 Å². The molecule has 0 bridgehead atoms. The zero-order valence-corrected chi connectivity index (χ0v) is 12.3. The maximum absolute atomic E-state index is 11.9. The van der Waals surface area contributed by atoms with E-state index in [0.29, 0.717) is 18.1 Å². The standard InChI is InChI=1S/C16H18N4O2/c17-16(7-3-8-16)15-18-14(22-19-15)11-4-1-5-12(10-11)20-9-2-6-13(20)21/h1,4-5,10H,2-3,6-9,17H2. The average molecular weight is 298 g/mol. The largest absolute Gasteiger partial charge is 0.334 e. The Bertz CT molecular complexity index is 720. The number of anilines is 1. The third-order valence-electron chi connectivity index (χ3n) is 4.60. The molecule has 1 aromatic carbocycles. The lowest BCUT2D eigenvalue weighted by molar-refractivity contribution is -0.117. The number of hydrogen-bond donors (Lipinski definition) is 1. The lowest BCUT2D eigenvalue weighted by atomic mass is 9.77. The van der Waals surface area contributed by atoms with Crippen LogP contribution in [0.3, 0.4) is 0 Å². The van der Waals surface area contributed by atoms with Crippen molar-refractivity contribution in [3.05, 3.63) is 30.1 Å². The quantitative estimate of drug-likeness (QED) is 0.939. The molecule has 2 aromatic rings. The molecule has 1 saturated heterocycles. The van der Waals surface area contributed by atoms with Crippen LogP contribution in [0.1, 0.15) is 37.9 Å². The molecule has 1 aliphatic carbocycles. The molecule has 22 heavy (non-hydrogen) atoms. The molecule has 114 valence electrons. The molecule has 0 radical (unpaired) electrons. The average Bonchev–Trinajstić information content (AvgIpc) is 3.14. The molecule has 2 aliphatic rings. The summed E-state index contributed by atoms with van der Waals surface area (Å²) in [6.45, 7) is 0.767. The van der Waals surface area contributed by atoms with E-state index in [1.165, 1.54) is 0 Å². The molecule has 0 unspecified atom stereocenters. The number of carbonyl (C=O) groups excluding carboxylic acids is 1. The van der Waals surface area contributed by atoms with E-state index in [0.717, 1.165) is 43.5 Å². The van der Waals surface area contributed by atoms with Gasteiger partial charge in [-0.3, -0.25) is 4.79 Å². The molecule has 1 amide bonds. The van der Waals surface area contributed by atoms with Gasteiger partial charge in [0.2, 0.25) is 5.91 Å². The van der Waals surface area contributed by atoms with Gasteiger partial charge in [0.1, 0.15) is 0 Å². The Labute approximate surface area is 128 Å². The van der Waals surface area contributed by atoms with Gasteiger partial charge in [-0.15, -0.1) is 0 Å². The van der Waals surface area contributed by atoms with Crippen LogP contribution in [0.25, 0.3) is 11.5 Å². The van der Waals surface area contributed by atoms with Crippen molar-refractivity contribution < 1.29 is 9.32 Å². The minimum Gasteiger partial charge on any atom is -0.334 e. The second-order valence-corrected chi connectivity index (χ2v) is 6.13. The van der Waals surface area contributed by atoms with Gasteiger partial charge in [0.15, 0.2) is 5.82 Å². The van der Waals surface area contributed by atoms with Crippen LogP contribution in [0.2, 0.25) is 0 Å². The minimum absolute atomic E-state index is 0.166. The highest BCUT2D eigenvalue weighted by atomic mass is 16.5. The van der Waals surface area contributed by atoms with Crippen molar-refractivity contribution in [2.75, 3.05) is 11.4 Å². The zero-order valence-electron chi connectivity index (χ0n) is 12.3. The third-order valence-corrected chi connectivity index (χ3v) is 4.60. The zero-order chi connectivity index (χ0) is 15.2. The fourth-order valence-corrected chi connectivity index (χ4v) is 3.05.